The van der Waals surface area contributed by atoms with E-state index >= 15 is 0 Å². The van der Waals surface area contributed by atoms with Crippen LogP contribution in [0.5, 0.6) is 0 Å². The van der Waals surface area contributed by atoms with E-state index in [9.17, 15) is 0 Å². The predicted octanol–water partition coefficient (Wildman–Crippen LogP) is 6.20. The minimum atomic E-state index is 0.617. The van der Waals surface area contributed by atoms with Gasteiger partial charge in [0.25, 0.3) is 0 Å². The Labute approximate surface area is 200 Å². The van der Waals surface area contributed by atoms with E-state index in [1.54, 1.807) is 11.3 Å². The van der Waals surface area contributed by atoms with Gasteiger partial charge in [-0.25, -0.2) is 15.0 Å². The van der Waals surface area contributed by atoms with Gasteiger partial charge in [0, 0.05) is 42.3 Å². The molecule has 0 unspecified atom stereocenters. The molecule has 0 bridgehead atoms. The quantitative estimate of drug-likeness (QED) is 0.323. The fraction of sp³-hybridized carbons (Fsp3) is 0.154. The minimum Gasteiger partial charge on any atom is -0.357 e. The molecule has 3 aromatic heterocycles. The Kier molecular flexibility index (Phi) is 4.70. The maximum absolute atomic E-state index is 4.84. The summed E-state index contributed by atoms with van der Waals surface area (Å²) in [5.41, 5.74) is 7.44. The van der Waals surface area contributed by atoms with Gasteiger partial charge in [0.05, 0.1) is 26.3 Å². The predicted molar refractivity (Wildman–Crippen MR) is 141 cm³/mol. The molecule has 3 aromatic carbocycles. The molecule has 3 heterocycles. The second-order valence-electron chi connectivity index (χ2n) is 8.38. The molecule has 0 aliphatic heterocycles. The van der Waals surface area contributed by atoms with Crippen LogP contribution in [0.2, 0.25) is 0 Å². The Morgan fingerprint density at radius 1 is 0.941 bits per heavy atom. The first-order chi connectivity index (χ1) is 16.5. The number of nitrogens with one attached hydrogen (secondary N) is 2. The van der Waals surface area contributed by atoms with E-state index in [2.05, 4.69) is 75.0 Å². The average molecular weight is 466 g/mol. The summed E-state index contributed by atoms with van der Waals surface area (Å²) in [5.74, 6) is 1.44. The third kappa shape index (κ3) is 3.34. The Bertz CT molecular complexity index is 1710. The third-order valence-electron chi connectivity index (χ3n) is 6.06. The van der Waals surface area contributed by atoms with Crippen LogP contribution in [-0.4, -0.2) is 31.8 Å². The van der Waals surface area contributed by atoms with Gasteiger partial charge in [-0.15, -0.1) is 11.3 Å². The Morgan fingerprint density at radius 2 is 1.82 bits per heavy atom. The van der Waals surface area contributed by atoms with Crippen molar-refractivity contribution in [2.24, 2.45) is 7.05 Å². The van der Waals surface area contributed by atoms with Gasteiger partial charge in [0.1, 0.15) is 0 Å². The minimum absolute atomic E-state index is 0.617. The molecule has 168 valence electrons. The summed E-state index contributed by atoms with van der Waals surface area (Å²) in [4.78, 5) is 13.6. The summed E-state index contributed by atoms with van der Waals surface area (Å²) in [6.07, 6.45) is 1.86. The van der Waals surface area contributed by atoms with Crippen molar-refractivity contribution in [1.82, 2.24) is 24.7 Å². The summed E-state index contributed by atoms with van der Waals surface area (Å²) >= 11 is 1.71. The molecule has 0 fully saturated rings. The van der Waals surface area contributed by atoms with E-state index in [4.69, 9.17) is 5.10 Å². The topological polar surface area (TPSA) is 80.5 Å². The van der Waals surface area contributed by atoms with Crippen LogP contribution < -0.4 is 10.6 Å². The fourth-order valence-electron chi connectivity index (χ4n) is 4.50. The lowest BCUT2D eigenvalue weighted by molar-refractivity contribution is 0.801. The van der Waals surface area contributed by atoms with Gasteiger partial charge in [0.2, 0.25) is 5.95 Å². The van der Waals surface area contributed by atoms with Gasteiger partial charge in [-0.05, 0) is 61.4 Å². The third-order valence-corrected chi connectivity index (χ3v) is 7.02. The van der Waals surface area contributed by atoms with Crippen LogP contribution in [0.3, 0.4) is 0 Å². The van der Waals surface area contributed by atoms with Crippen LogP contribution in [0.15, 0.2) is 54.7 Å². The molecule has 0 aliphatic carbocycles. The average Bonchev–Trinajstić information content (AvgIpc) is 3.36. The maximum Gasteiger partial charge on any atom is 0.222 e. The molecule has 0 spiro atoms. The zero-order valence-electron chi connectivity index (χ0n) is 19.3. The monoisotopic (exact) mass is 465 g/mol. The van der Waals surface area contributed by atoms with Crippen molar-refractivity contribution in [3.05, 3.63) is 65.3 Å². The summed E-state index contributed by atoms with van der Waals surface area (Å²) in [7, 11) is 3.82. The molecule has 34 heavy (non-hydrogen) atoms. The second-order valence-corrected chi connectivity index (χ2v) is 9.62. The number of benzene rings is 3. The molecule has 0 atom stereocenters. The Balaban J connectivity index is 1.47. The molecule has 0 saturated carbocycles. The molecule has 0 aliphatic rings. The first-order valence-corrected chi connectivity index (χ1v) is 11.9. The van der Waals surface area contributed by atoms with Gasteiger partial charge in [0.15, 0.2) is 5.82 Å². The molecule has 0 amide bonds. The van der Waals surface area contributed by atoms with Crippen molar-refractivity contribution in [3.8, 4) is 11.1 Å². The number of hydrogen-bond donors (Lipinski definition) is 2. The molecular formula is C26H23N7S. The lowest BCUT2D eigenvalue weighted by Gasteiger charge is -2.11. The molecular weight excluding hydrogens is 442 g/mol. The van der Waals surface area contributed by atoms with E-state index in [0.717, 1.165) is 55.0 Å². The number of rotatable bonds is 4. The van der Waals surface area contributed by atoms with E-state index in [1.165, 1.54) is 10.3 Å². The fourth-order valence-corrected chi connectivity index (χ4v) is 5.30. The highest BCUT2D eigenvalue weighted by molar-refractivity contribution is 7.18. The van der Waals surface area contributed by atoms with Crippen molar-refractivity contribution < 1.29 is 0 Å². The van der Waals surface area contributed by atoms with Crippen LogP contribution in [0, 0.1) is 13.8 Å². The number of aryl methyl sites for hydroxylation is 3. The van der Waals surface area contributed by atoms with Crippen LogP contribution in [0.25, 0.3) is 43.1 Å². The highest BCUT2D eigenvalue weighted by Gasteiger charge is 2.17. The van der Waals surface area contributed by atoms with E-state index in [-0.39, 0.29) is 0 Å². The smallest absolute Gasteiger partial charge is 0.222 e. The van der Waals surface area contributed by atoms with Crippen LogP contribution in [-0.2, 0) is 7.05 Å². The van der Waals surface area contributed by atoms with Crippen LogP contribution in [0.1, 0.15) is 10.6 Å². The first-order valence-electron chi connectivity index (χ1n) is 11.1. The number of anilines is 3. The van der Waals surface area contributed by atoms with Gasteiger partial charge in [-0.1, -0.05) is 12.1 Å². The number of thiazole rings is 1. The lowest BCUT2D eigenvalue weighted by Crippen LogP contribution is -1.97. The van der Waals surface area contributed by atoms with Crippen LogP contribution >= 0.6 is 11.3 Å². The Hall–Kier alpha value is -4.04. The van der Waals surface area contributed by atoms with Crippen molar-refractivity contribution in [2.75, 3.05) is 17.7 Å². The highest BCUT2D eigenvalue weighted by atomic mass is 32.1. The molecule has 0 radical (unpaired) electrons. The van der Waals surface area contributed by atoms with Gasteiger partial charge in [-0.2, -0.15) is 5.10 Å². The lowest BCUT2D eigenvalue weighted by atomic mass is 9.96. The normalized spacial score (nSPS) is 11.5. The van der Waals surface area contributed by atoms with E-state index in [0.29, 0.717) is 5.95 Å². The molecule has 8 heteroatoms. The van der Waals surface area contributed by atoms with Crippen molar-refractivity contribution in [3.63, 3.8) is 0 Å². The summed E-state index contributed by atoms with van der Waals surface area (Å²) in [5, 5.41) is 14.5. The largest absolute Gasteiger partial charge is 0.357 e. The molecule has 7 nitrogen and oxygen atoms in total. The number of fused-ring (bicyclic) bond motifs is 3. The number of nitrogens with zero attached hydrogens (tertiary/aromatic N) is 5. The molecule has 6 aromatic rings. The van der Waals surface area contributed by atoms with Gasteiger partial charge >= 0.3 is 0 Å². The second kappa shape index (κ2) is 7.78. The number of aromatic nitrogens is 5. The molecule has 2 N–H and O–H groups in total. The summed E-state index contributed by atoms with van der Waals surface area (Å²) in [6.45, 7) is 4.17. The van der Waals surface area contributed by atoms with Crippen LogP contribution in [0.4, 0.5) is 17.5 Å². The van der Waals surface area contributed by atoms with E-state index in [1.807, 2.05) is 38.0 Å². The molecule has 0 saturated heterocycles. The molecule has 6 rings (SSSR count). The summed E-state index contributed by atoms with van der Waals surface area (Å²) < 4.78 is 3.14. The SMILES string of the molecule is CNc1ncc2cc(-c3c(C)ccc4c(Nc5ccc6sc(C)nc6c5)nn(C)c34)ccc2n1. The van der Waals surface area contributed by atoms with Crippen molar-refractivity contribution in [1.29, 1.82) is 0 Å². The Morgan fingerprint density at radius 3 is 2.68 bits per heavy atom. The zero-order chi connectivity index (χ0) is 23.4. The standard InChI is InChI=1S/C26H23N7S/c1-14-5-8-19-24(23(14)16-6-9-20-17(11-16)13-28-26(27-3)31-20)33(4)32-25(19)30-18-7-10-22-21(12-18)29-15(2)34-22/h5-13H,1-4H3,(H,30,32)(H,27,28,31). The zero-order valence-corrected chi connectivity index (χ0v) is 20.2. The highest BCUT2D eigenvalue weighted by Crippen LogP contribution is 2.37. The number of hydrogen-bond acceptors (Lipinski definition) is 7. The van der Waals surface area contributed by atoms with Gasteiger partial charge in [-0.3, -0.25) is 4.68 Å². The van der Waals surface area contributed by atoms with Gasteiger partial charge < -0.3 is 10.6 Å². The van der Waals surface area contributed by atoms with Crippen molar-refractivity contribution in [2.45, 2.75) is 13.8 Å². The maximum atomic E-state index is 4.84. The first kappa shape index (κ1) is 20.6. The van der Waals surface area contributed by atoms with Crippen molar-refractivity contribution >= 4 is 60.8 Å². The van der Waals surface area contributed by atoms with E-state index < -0.39 is 0 Å². The summed E-state index contributed by atoms with van der Waals surface area (Å²) in [6, 6.07) is 16.9.